The Morgan fingerprint density at radius 1 is 1.36 bits per heavy atom. The molecule has 0 aromatic rings. The summed E-state index contributed by atoms with van der Waals surface area (Å²) in [5, 5.41) is 0. The van der Waals surface area contributed by atoms with Crippen LogP contribution >= 0.6 is 0 Å². The number of rotatable bonds is 2. The fourth-order valence-electron chi connectivity index (χ4n) is 1.54. The highest BCUT2D eigenvalue weighted by Crippen LogP contribution is 2.08. The molecular weight excluding hydrogens is 178 g/mol. The van der Waals surface area contributed by atoms with Gasteiger partial charge in [0.2, 0.25) is 0 Å². The van der Waals surface area contributed by atoms with E-state index in [-0.39, 0.29) is 11.6 Å². The smallest absolute Gasteiger partial charge is 0.154 e. The van der Waals surface area contributed by atoms with E-state index in [0.717, 1.165) is 25.8 Å². The Morgan fingerprint density at radius 3 is 2.86 bits per heavy atom. The first-order valence-electron chi connectivity index (χ1n) is 5.13. The molecule has 0 radical (unpaired) electrons. The van der Waals surface area contributed by atoms with Crippen molar-refractivity contribution in [3.05, 3.63) is 12.3 Å². The van der Waals surface area contributed by atoms with Gasteiger partial charge in [-0.05, 0) is 25.8 Å². The number of allylic oxidation sites excluding steroid dienone is 1. The van der Waals surface area contributed by atoms with E-state index < -0.39 is 0 Å². The maximum Gasteiger partial charge on any atom is 0.154 e. The van der Waals surface area contributed by atoms with E-state index in [2.05, 4.69) is 0 Å². The van der Waals surface area contributed by atoms with Crippen molar-refractivity contribution < 1.29 is 9.59 Å². The quantitative estimate of drug-likeness (QED) is 0.627. The van der Waals surface area contributed by atoms with Crippen LogP contribution in [0.3, 0.4) is 0 Å². The Balaban J connectivity index is 2.48. The molecule has 1 rings (SSSR count). The highest BCUT2D eigenvalue weighted by Gasteiger charge is 2.10. The molecule has 0 aliphatic carbocycles. The molecule has 0 bridgehead atoms. The summed E-state index contributed by atoms with van der Waals surface area (Å²) in [4.78, 5) is 24.0. The molecule has 0 amide bonds. The molecule has 0 aromatic carbocycles. The normalized spacial score (nSPS) is 19.5. The van der Waals surface area contributed by atoms with Crippen LogP contribution in [0.25, 0.3) is 0 Å². The summed E-state index contributed by atoms with van der Waals surface area (Å²) in [5.74, 6) is 0.303. The van der Waals surface area contributed by atoms with Crippen molar-refractivity contribution in [2.75, 3.05) is 13.1 Å². The lowest BCUT2D eigenvalue weighted by atomic mass is 10.1. The second-order valence-corrected chi connectivity index (χ2v) is 3.75. The summed E-state index contributed by atoms with van der Waals surface area (Å²) in [5.41, 5.74) is 0. The zero-order valence-corrected chi connectivity index (χ0v) is 8.66. The molecule has 1 aliphatic heterocycles. The maximum atomic E-state index is 11.3. The monoisotopic (exact) mass is 195 g/mol. The van der Waals surface area contributed by atoms with E-state index in [0.29, 0.717) is 13.0 Å². The van der Waals surface area contributed by atoms with Crippen molar-refractivity contribution in [3.63, 3.8) is 0 Å². The van der Waals surface area contributed by atoms with Gasteiger partial charge in [-0.1, -0.05) is 6.42 Å². The van der Waals surface area contributed by atoms with Gasteiger partial charge in [0, 0.05) is 19.2 Å². The van der Waals surface area contributed by atoms with Gasteiger partial charge in [0.25, 0.3) is 0 Å². The summed E-state index contributed by atoms with van der Waals surface area (Å²) < 4.78 is 0. The Bertz CT molecular complexity index is 246. The van der Waals surface area contributed by atoms with Crippen LogP contribution < -0.4 is 0 Å². The highest BCUT2D eigenvalue weighted by atomic mass is 16.1. The average Bonchev–Trinajstić information content (AvgIpc) is 2.08. The molecule has 0 aromatic heterocycles. The molecule has 3 heteroatoms. The summed E-state index contributed by atoms with van der Waals surface area (Å²) in [7, 11) is 0. The summed E-state index contributed by atoms with van der Waals surface area (Å²) in [6, 6.07) is 0. The molecule has 0 unspecified atom stereocenters. The zero-order valence-electron chi connectivity index (χ0n) is 8.66. The van der Waals surface area contributed by atoms with Gasteiger partial charge in [-0.15, -0.1) is 0 Å². The molecule has 1 heterocycles. The number of carbonyl (C=O) groups is 2. The molecule has 0 N–H and O–H groups in total. The van der Waals surface area contributed by atoms with Crippen LogP contribution in [-0.2, 0) is 9.59 Å². The molecule has 1 fully saturated rings. The molecule has 78 valence electrons. The third kappa shape index (κ3) is 4.21. The SMILES string of the molecule is CC(=O)/C=C/N1CCCCCC(=O)C1. The fraction of sp³-hybridized carbons (Fsp3) is 0.636. The Morgan fingerprint density at radius 2 is 2.14 bits per heavy atom. The van der Waals surface area contributed by atoms with Crippen molar-refractivity contribution >= 4 is 11.6 Å². The molecule has 0 saturated carbocycles. The molecule has 3 nitrogen and oxygen atoms in total. The van der Waals surface area contributed by atoms with Crippen LogP contribution in [0.15, 0.2) is 12.3 Å². The molecule has 1 aliphatic rings. The first-order chi connectivity index (χ1) is 6.68. The van der Waals surface area contributed by atoms with Crippen molar-refractivity contribution in [1.29, 1.82) is 0 Å². The highest BCUT2D eigenvalue weighted by molar-refractivity contribution is 5.87. The van der Waals surface area contributed by atoms with Crippen molar-refractivity contribution in [2.45, 2.75) is 32.6 Å². The topological polar surface area (TPSA) is 37.4 Å². The maximum absolute atomic E-state index is 11.3. The Kier molecular flexibility index (Phi) is 4.36. The van der Waals surface area contributed by atoms with Crippen molar-refractivity contribution in [1.82, 2.24) is 4.90 Å². The van der Waals surface area contributed by atoms with Crippen molar-refractivity contribution in [2.24, 2.45) is 0 Å². The lowest BCUT2D eigenvalue weighted by molar-refractivity contribution is -0.120. The number of hydrogen-bond acceptors (Lipinski definition) is 3. The third-order valence-corrected chi connectivity index (χ3v) is 2.30. The van der Waals surface area contributed by atoms with Crippen LogP contribution in [0.4, 0.5) is 0 Å². The molecule has 0 spiro atoms. The number of carbonyl (C=O) groups excluding carboxylic acids is 2. The van der Waals surface area contributed by atoms with Gasteiger partial charge in [0.1, 0.15) is 0 Å². The van der Waals surface area contributed by atoms with Gasteiger partial charge >= 0.3 is 0 Å². The summed E-state index contributed by atoms with van der Waals surface area (Å²) in [6.07, 6.45) is 7.18. The predicted octanol–water partition coefficient (Wildman–Crippen LogP) is 1.53. The minimum Gasteiger partial charge on any atom is -0.370 e. The van der Waals surface area contributed by atoms with Gasteiger partial charge in [-0.2, -0.15) is 0 Å². The van der Waals surface area contributed by atoms with E-state index in [1.54, 1.807) is 6.20 Å². The van der Waals surface area contributed by atoms with Gasteiger partial charge in [0.15, 0.2) is 11.6 Å². The number of hydrogen-bond donors (Lipinski definition) is 0. The van der Waals surface area contributed by atoms with Gasteiger partial charge in [-0.25, -0.2) is 0 Å². The van der Waals surface area contributed by atoms with Crippen LogP contribution in [0, 0.1) is 0 Å². The first-order valence-corrected chi connectivity index (χ1v) is 5.13. The Labute approximate surface area is 84.8 Å². The van der Waals surface area contributed by atoms with Crippen molar-refractivity contribution in [3.8, 4) is 0 Å². The van der Waals surface area contributed by atoms with E-state index in [9.17, 15) is 9.59 Å². The lowest BCUT2D eigenvalue weighted by Crippen LogP contribution is -2.27. The van der Waals surface area contributed by atoms with Crippen LogP contribution in [0.2, 0.25) is 0 Å². The third-order valence-electron chi connectivity index (χ3n) is 2.30. The summed E-state index contributed by atoms with van der Waals surface area (Å²) in [6.45, 7) is 2.86. The van der Waals surface area contributed by atoms with E-state index >= 15 is 0 Å². The lowest BCUT2D eigenvalue weighted by Gasteiger charge is -2.21. The molecule has 14 heavy (non-hydrogen) atoms. The molecule has 1 saturated heterocycles. The molecule has 0 atom stereocenters. The Hall–Kier alpha value is -1.12. The molecular formula is C11H17NO2. The second kappa shape index (κ2) is 5.58. The number of ketones is 2. The van der Waals surface area contributed by atoms with Crippen LogP contribution in [-0.4, -0.2) is 29.6 Å². The minimum atomic E-state index is 0.0273. The van der Waals surface area contributed by atoms with Gasteiger partial charge in [-0.3, -0.25) is 9.59 Å². The second-order valence-electron chi connectivity index (χ2n) is 3.75. The zero-order chi connectivity index (χ0) is 10.4. The predicted molar refractivity (Wildman–Crippen MR) is 54.9 cm³/mol. The fourth-order valence-corrected chi connectivity index (χ4v) is 1.54. The minimum absolute atomic E-state index is 0.0273. The summed E-state index contributed by atoms with van der Waals surface area (Å²) >= 11 is 0. The average molecular weight is 195 g/mol. The van der Waals surface area contributed by atoms with E-state index in [1.807, 2.05) is 4.90 Å². The number of likely N-dealkylation sites (tertiary alicyclic amines) is 1. The first kappa shape index (κ1) is 11.0. The van der Waals surface area contributed by atoms with Crippen LogP contribution in [0.5, 0.6) is 0 Å². The van der Waals surface area contributed by atoms with Gasteiger partial charge in [0.05, 0.1) is 6.54 Å². The number of nitrogens with zero attached hydrogens (tertiary/aromatic N) is 1. The van der Waals surface area contributed by atoms with Gasteiger partial charge < -0.3 is 4.90 Å². The van der Waals surface area contributed by atoms with E-state index in [1.165, 1.54) is 13.0 Å². The van der Waals surface area contributed by atoms with Crippen LogP contribution in [0.1, 0.15) is 32.6 Å². The standard InChI is InChI=1S/C11H17NO2/c1-10(13)6-8-12-7-4-2-3-5-11(14)9-12/h6,8H,2-5,7,9H2,1H3/b8-6+. The largest absolute Gasteiger partial charge is 0.370 e. The number of Topliss-reactive ketones (excluding diaryl/α,β-unsaturated/α-hetero) is 1. The van der Waals surface area contributed by atoms with E-state index in [4.69, 9.17) is 0 Å².